The van der Waals surface area contributed by atoms with Gasteiger partial charge in [0.15, 0.2) is 0 Å². The first-order chi connectivity index (χ1) is 10.2. The smallest absolute Gasteiger partial charge is 0.130 e. The van der Waals surface area contributed by atoms with Gasteiger partial charge in [-0.25, -0.2) is 4.68 Å². The number of hydrogen-bond acceptors (Lipinski definition) is 4. The first-order valence-corrected chi connectivity index (χ1v) is 7.08. The molecule has 1 saturated heterocycles. The number of anilines is 1. The van der Waals surface area contributed by atoms with Crippen LogP contribution >= 0.6 is 0 Å². The second-order valence-corrected chi connectivity index (χ2v) is 5.41. The molecule has 1 fully saturated rings. The lowest BCUT2D eigenvalue weighted by Crippen LogP contribution is -2.33. The van der Waals surface area contributed by atoms with E-state index in [4.69, 9.17) is 10.5 Å². The van der Waals surface area contributed by atoms with Gasteiger partial charge in [-0.1, -0.05) is 18.2 Å². The number of aromatic nitrogens is 2. The molecule has 1 aromatic heterocycles. The number of benzene rings is 1. The van der Waals surface area contributed by atoms with E-state index in [-0.39, 0.29) is 0 Å². The van der Waals surface area contributed by atoms with Crippen molar-refractivity contribution in [2.45, 2.75) is 25.2 Å². The van der Waals surface area contributed by atoms with E-state index in [1.54, 1.807) is 4.68 Å². The highest BCUT2D eigenvalue weighted by Crippen LogP contribution is 2.37. The third kappa shape index (κ3) is 2.18. The van der Waals surface area contributed by atoms with Crippen molar-refractivity contribution in [3.05, 3.63) is 41.6 Å². The first-order valence-electron chi connectivity index (χ1n) is 7.08. The van der Waals surface area contributed by atoms with Gasteiger partial charge in [-0.05, 0) is 31.9 Å². The Hall–Kier alpha value is -2.32. The topological polar surface area (TPSA) is 76.9 Å². The van der Waals surface area contributed by atoms with E-state index < -0.39 is 5.41 Å². The largest absolute Gasteiger partial charge is 0.383 e. The molecule has 2 heterocycles. The summed E-state index contributed by atoms with van der Waals surface area (Å²) in [5, 5.41) is 14.4. The van der Waals surface area contributed by atoms with Gasteiger partial charge in [0.25, 0.3) is 0 Å². The van der Waals surface area contributed by atoms with Crippen LogP contribution in [0.2, 0.25) is 0 Å². The maximum atomic E-state index is 9.69. The molecule has 108 valence electrons. The van der Waals surface area contributed by atoms with Crippen LogP contribution in [0.25, 0.3) is 5.69 Å². The summed E-state index contributed by atoms with van der Waals surface area (Å²) in [7, 11) is 0. The fourth-order valence-electron chi connectivity index (χ4n) is 2.85. The van der Waals surface area contributed by atoms with Crippen molar-refractivity contribution in [1.29, 1.82) is 5.26 Å². The van der Waals surface area contributed by atoms with Crippen molar-refractivity contribution in [2.24, 2.45) is 0 Å². The van der Waals surface area contributed by atoms with Crippen LogP contribution in [0.1, 0.15) is 24.1 Å². The lowest BCUT2D eigenvalue weighted by Gasteiger charge is -2.29. The predicted molar refractivity (Wildman–Crippen MR) is 80.1 cm³/mol. The zero-order valence-corrected chi connectivity index (χ0v) is 12.0. The highest BCUT2D eigenvalue weighted by molar-refractivity contribution is 5.52. The first kappa shape index (κ1) is 13.7. The Balaban J connectivity index is 2.11. The molecule has 1 aliphatic heterocycles. The molecule has 21 heavy (non-hydrogen) atoms. The van der Waals surface area contributed by atoms with Crippen molar-refractivity contribution in [2.75, 3.05) is 18.9 Å². The Bertz CT molecular complexity index is 678. The van der Waals surface area contributed by atoms with Crippen LogP contribution in [0.3, 0.4) is 0 Å². The summed E-state index contributed by atoms with van der Waals surface area (Å²) in [4.78, 5) is 0. The van der Waals surface area contributed by atoms with Gasteiger partial charge in [0, 0.05) is 18.8 Å². The van der Waals surface area contributed by atoms with Crippen molar-refractivity contribution in [3.63, 3.8) is 0 Å². The van der Waals surface area contributed by atoms with Crippen molar-refractivity contribution >= 4 is 5.82 Å². The molecule has 0 saturated carbocycles. The van der Waals surface area contributed by atoms with Crippen LogP contribution in [0.15, 0.2) is 30.3 Å². The molecule has 0 spiro atoms. The van der Waals surface area contributed by atoms with Gasteiger partial charge in [-0.3, -0.25) is 0 Å². The number of para-hydroxylation sites is 1. The molecule has 0 aliphatic carbocycles. The fourth-order valence-corrected chi connectivity index (χ4v) is 2.85. The fraction of sp³-hybridized carbons (Fsp3) is 0.375. The minimum atomic E-state index is -0.587. The molecule has 0 bridgehead atoms. The molecular formula is C16H18N4O. The number of ether oxygens (including phenoxy) is 1. The number of nitrogen functional groups attached to an aromatic ring is 1. The zero-order chi connectivity index (χ0) is 14.9. The number of nitrogens with two attached hydrogens (primary N) is 1. The Morgan fingerprint density at radius 3 is 2.57 bits per heavy atom. The van der Waals surface area contributed by atoms with Crippen LogP contribution in [-0.2, 0) is 10.2 Å². The Morgan fingerprint density at radius 1 is 1.29 bits per heavy atom. The normalized spacial score (nSPS) is 17.3. The number of nitrogens with zero attached hydrogens (tertiary/aromatic N) is 3. The van der Waals surface area contributed by atoms with Gasteiger partial charge in [0.05, 0.1) is 17.5 Å². The minimum Gasteiger partial charge on any atom is -0.383 e. The standard InChI is InChI=1S/C16H18N4O/c1-12-14(16(11-17)7-9-21-10-8-16)19-20(15(12)18)13-5-3-2-4-6-13/h2-6H,7-10,18H2,1H3. The highest BCUT2D eigenvalue weighted by atomic mass is 16.5. The molecular weight excluding hydrogens is 264 g/mol. The van der Waals surface area contributed by atoms with Crippen LogP contribution < -0.4 is 5.73 Å². The van der Waals surface area contributed by atoms with Crippen LogP contribution in [0.4, 0.5) is 5.82 Å². The summed E-state index contributed by atoms with van der Waals surface area (Å²) >= 11 is 0. The van der Waals surface area contributed by atoms with Crippen molar-refractivity contribution in [1.82, 2.24) is 9.78 Å². The maximum Gasteiger partial charge on any atom is 0.130 e. The lowest BCUT2D eigenvalue weighted by molar-refractivity contribution is 0.0661. The van der Waals surface area contributed by atoms with Gasteiger partial charge >= 0.3 is 0 Å². The van der Waals surface area contributed by atoms with E-state index in [1.807, 2.05) is 37.3 Å². The molecule has 2 aromatic rings. The predicted octanol–water partition coefficient (Wildman–Crippen LogP) is 2.33. The summed E-state index contributed by atoms with van der Waals surface area (Å²) in [6, 6.07) is 12.2. The summed E-state index contributed by atoms with van der Waals surface area (Å²) in [6.07, 6.45) is 1.32. The van der Waals surface area contributed by atoms with E-state index >= 15 is 0 Å². The Labute approximate surface area is 123 Å². The highest BCUT2D eigenvalue weighted by Gasteiger charge is 2.39. The zero-order valence-electron chi connectivity index (χ0n) is 12.0. The molecule has 5 nitrogen and oxygen atoms in total. The number of hydrogen-bond donors (Lipinski definition) is 1. The third-order valence-corrected chi connectivity index (χ3v) is 4.18. The van der Waals surface area contributed by atoms with Crippen molar-refractivity contribution in [3.8, 4) is 11.8 Å². The maximum absolute atomic E-state index is 9.69. The Kier molecular flexibility index (Phi) is 3.40. The van der Waals surface area contributed by atoms with Crippen molar-refractivity contribution < 1.29 is 4.74 Å². The molecule has 0 atom stereocenters. The average Bonchev–Trinajstić information content (AvgIpc) is 2.85. The second-order valence-electron chi connectivity index (χ2n) is 5.41. The molecule has 3 rings (SSSR count). The Morgan fingerprint density at radius 2 is 1.95 bits per heavy atom. The average molecular weight is 282 g/mol. The molecule has 0 unspecified atom stereocenters. The SMILES string of the molecule is Cc1c(C2(C#N)CCOCC2)nn(-c2ccccc2)c1N. The third-order valence-electron chi connectivity index (χ3n) is 4.18. The molecule has 1 aromatic carbocycles. The molecule has 2 N–H and O–H groups in total. The van der Waals surface area contributed by atoms with Crippen LogP contribution in [0, 0.1) is 18.3 Å². The van der Waals surface area contributed by atoms with Crippen LogP contribution in [-0.4, -0.2) is 23.0 Å². The van der Waals surface area contributed by atoms with Gasteiger partial charge in [-0.2, -0.15) is 10.4 Å². The summed E-state index contributed by atoms with van der Waals surface area (Å²) in [5.74, 6) is 0.595. The van der Waals surface area contributed by atoms with Crippen LogP contribution in [0.5, 0.6) is 0 Å². The summed E-state index contributed by atoms with van der Waals surface area (Å²) in [6.45, 7) is 3.11. The van der Waals surface area contributed by atoms with E-state index in [1.165, 1.54) is 0 Å². The van der Waals surface area contributed by atoms with Gasteiger partial charge in [0.1, 0.15) is 11.2 Å². The van der Waals surface area contributed by atoms with E-state index in [0.29, 0.717) is 31.9 Å². The molecule has 0 amide bonds. The van der Waals surface area contributed by atoms with Gasteiger partial charge in [-0.15, -0.1) is 0 Å². The number of nitriles is 1. The quantitative estimate of drug-likeness (QED) is 0.917. The molecule has 5 heteroatoms. The monoisotopic (exact) mass is 282 g/mol. The summed E-state index contributed by atoms with van der Waals surface area (Å²) < 4.78 is 7.11. The second kappa shape index (κ2) is 5.23. The van der Waals surface area contributed by atoms with E-state index in [2.05, 4.69) is 11.2 Å². The molecule has 0 radical (unpaired) electrons. The number of rotatable bonds is 2. The minimum absolute atomic E-state index is 0.587. The lowest BCUT2D eigenvalue weighted by atomic mass is 9.77. The van der Waals surface area contributed by atoms with Gasteiger partial charge in [0.2, 0.25) is 0 Å². The van der Waals surface area contributed by atoms with E-state index in [9.17, 15) is 5.26 Å². The van der Waals surface area contributed by atoms with Gasteiger partial charge < -0.3 is 10.5 Å². The van der Waals surface area contributed by atoms with E-state index in [0.717, 1.165) is 16.9 Å². The molecule has 1 aliphatic rings. The summed E-state index contributed by atoms with van der Waals surface area (Å²) in [5.41, 5.74) is 8.21.